The number of aromatic nitrogens is 2. The average molecular weight is 274 g/mol. The first-order chi connectivity index (χ1) is 9.49. The van der Waals surface area contributed by atoms with Crippen molar-refractivity contribution < 1.29 is 9.90 Å². The topological polar surface area (TPSA) is 92.6 Å². The van der Waals surface area contributed by atoms with Crippen LogP contribution in [0.4, 0.5) is 5.69 Å². The number of rotatable bonds is 3. The standard InChI is InChI=1S/C14H18N4O2/c1-14(20)6-2-5-11(14)17-12-9(13(15)19)8-16-18-7-3-4-10(12)18/h3-4,7-8,11,17,20H,2,5-6H2,1H3,(H2,15,19)/t11-,14+/m1/s1. The summed E-state index contributed by atoms with van der Waals surface area (Å²) in [7, 11) is 0. The molecular weight excluding hydrogens is 256 g/mol. The highest BCUT2D eigenvalue weighted by Gasteiger charge is 2.37. The van der Waals surface area contributed by atoms with Crippen LogP contribution in [0.3, 0.4) is 0 Å². The number of hydrogen-bond donors (Lipinski definition) is 3. The predicted molar refractivity (Wildman–Crippen MR) is 75.6 cm³/mol. The molecule has 6 nitrogen and oxygen atoms in total. The number of primary amides is 1. The molecule has 0 unspecified atom stereocenters. The Morgan fingerprint density at radius 1 is 1.65 bits per heavy atom. The zero-order chi connectivity index (χ0) is 14.3. The van der Waals surface area contributed by atoms with Gasteiger partial charge in [0.15, 0.2) is 0 Å². The van der Waals surface area contributed by atoms with Crippen molar-refractivity contribution in [3.63, 3.8) is 0 Å². The Morgan fingerprint density at radius 2 is 2.45 bits per heavy atom. The molecule has 1 aliphatic rings. The normalized spacial score (nSPS) is 26.0. The molecule has 0 aliphatic heterocycles. The number of hydrogen-bond acceptors (Lipinski definition) is 4. The minimum Gasteiger partial charge on any atom is -0.388 e. The fourth-order valence-corrected chi connectivity index (χ4v) is 2.88. The van der Waals surface area contributed by atoms with Crippen molar-refractivity contribution in [2.45, 2.75) is 37.8 Å². The monoisotopic (exact) mass is 274 g/mol. The van der Waals surface area contributed by atoms with Crippen LogP contribution >= 0.6 is 0 Å². The summed E-state index contributed by atoms with van der Waals surface area (Å²) in [5.74, 6) is -0.527. The van der Waals surface area contributed by atoms with Gasteiger partial charge in [0.05, 0.1) is 34.6 Å². The molecule has 2 aromatic heterocycles. The molecule has 2 heterocycles. The van der Waals surface area contributed by atoms with Gasteiger partial charge in [-0.05, 0) is 38.3 Å². The number of carbonyl (C=O) groups is 1. The Bertz CT molecular complexity index is 662. The third-order valence-corrected chi connectivity index (χ3v) is 4.08. The number of amides is 1. The number of nitrogens with one attached hydrogen (secondary N) is 1. The maximum atomic E-state index is 11.6. The van der Waals surface area contributed by atoms with Crippen molar-refractivity contribution in [1.82, 2.24) is 9.61 Å². The Labute approximate surface area is 116 Å². The van der Waals surface area contributed by atoms with Gasteiger partial charge in [-0.25, -0.2) is 4.52 Å². The Kier molecular flexibility index (Phi) is 2.90. The highest BCUT2D eigenvalue weighted by atomic mass is 16.3. The molecule has 6 heteroatoms. The first-order valence-electron chi connectivity index (χ1n) is 6.74. The van der Waals surface area contributed by atoms with E-state index >= 15 is 0 Å². The van der Waals surface area contributed by atoms with Crippen molar-refractivity contribution >= 4 is 17.1 Å². The van der Waals surface area contributed by atoms with E-state index < -0.39 is 11.5 Å². The number of fused-ring (bicyclic) bond motifs is 1. The van der Waals surface area contributed by atoms with Crippen LogP contribution in [0.25, 0.3) is 5.52 Å². The van der Waals surface area contributed by atoms with Gasteiger partial charge < -0.3 is 16.2 Å². The SMILES string of the molecule is C[C@]1(O)CCC[C@H]1Nc1c(C(N)=O)cnn2cccc12. The summed E-state index contributed by atoms with van der Waals surface area (Å²) in [5, 5.41) is 17.8. The Hall–Kier alpha value is -2.08. The minimum absolute atomic E-state index is 0.0956. The van der Waals surface area contributed by atoms with E-state index in [9.17, 15) is 9.90 Å². The maximum Gasteiger partial charge on any atom is 0.252 e. The smallest absolute Gasteiger partial charge is 0.252 e. The van der Waals surface area contributed by atoms with Crippen LogP contribution in [0.5, 0.6) is 0 Å². The molecule has 106 valence electrons. The van der Waals surface area contributed by atoms with E-state index in [2.05, 4.69) is 10.4 Å². The second-order valence-corrected chi connectivity index (χ2v) is 5.58. The molecule has 0 bridgehead atoms. The van der Waals surface area contributed by atoms with Gasteiger partial charge in [-0.15, -0.1) is 0 Å². The molecular formula is C14H18N4O2. The fourth-order valence-electron chi connectivity index (χ4n) is 2.88. The summed E-state index contributed by atoms with van der Waals surface area (Å²) in [6.07, 6.45) is 5.83. The molecule has 20 heavy (non-hydrogen) atoms. The van der Waals surface area contributed by atoms with Gasteiger partial charge in [0.1, 0.15) is 0 Å². The Balaban J connectivity index is 2.06. The number of carbonyl (C=O) groups excluding carboxylic acids is 1. The van der Waals surface area contributed by atoms with E-state index in [0.29, 0.717) is 11.3 Å². The lowest BCUT2D eigenvalue weighted by Gasteiger charge is -2.28. The number of nitrogens with zero attached hydrogens (tertiary/aromatic N) is 2. The quantitative estimate of drug-likeness (QED) is 0.782. The molecule has 1 fully saturated rings. The number of nitrogens with two attached hydrogens (primary N) is 1. The molecule has 0 radical (unpaired) electrons. The lowest BCUT2D eigenvalue weighted by molar-refractivity contribution is 0.0578. The number of aliphatic hydroxyl groups is 1. The third-order valence-electron chi connectivity index (χ3n) is 4.08. The van der Waals surface area contributed by atoms with Crippen molar-refractivity contribution in [2.75, 3.05) is 5.32 Å². The largest absolute Gasteiger partial charge is 0.388 e. The lowest BCUT2D eigenvalue weighted by Crippen LogP contribution is -2.40. The van der Waals surface area contributed by atoms with Crippen molar-refractivity contribution in [2.24, 2.45) is 5.73 Å². The van der Waals surface area contributed by atoms with Crippen molar-refractivity contribution in [3.8, 4) is 0 Å². The van der Waals surface area contributed by atoms with E-state index in [1.165, 1.54) is 6.20 Å². The second-order valence-electron chi connectivity index (χ2n) is 5.58. The summed E-state index contributed by atoms with van der Waals surface area (Å²) < 4.78 is 1.68. The van der Waals surface area contributed by atoms with Gasteiger partial charge in [-0.3, -0.25) is 4.79 Å². The molecule has 1 aliphatic carbocycles. The highest BCUT2D eigenvalue weighted by Crippen LogP contribution is 2.33. The van der Waals surface area contributed by atoms with Gasteiger partial charge in [0, 0.05) is 6.20 Å². The van der Waals surface area contributed by atoms with Crippen LogP contribution in [-0.4, -0.2) is 32.3 Å². The van der Waals surface area contributed by atoms with Gasteiger partial charge in [0.2, 0.25) is 0 Å². The summed E-state index contributed by atoms with van der Waals surface area (Å²) >= 11 is 0. The first kappa shape index (κ1) is 12.9. The Morgan fingerprint density at radius 3 is 3.10 bits per heavy atom. The van der Waals surface area contributed by atoms with E-state index in [1.54, 1.807) is 10.7 Å². The fraction of sp³-hybridized carbons (Fsp3) is 0.429. The molecule has 0 saturated heterocycles. The number of anilines is 1. The van der Waals surface area contributed by atoms with Crippen LogP contribution in [0, 0.1) is 0 Å². The van der Waals surface area contributed by atoms with Gasteiger partial charge in [0.25, 0.3) is 5.91 Å². The van der Waals surface area contributed by atoms with Gasteiger partial charge >= 0.3 is 0 Å². The molecule has 2 atom stereocenters. The molecule has 0 aromatic carbocycles. The van der Waals surface area contributed by atoms with E-state index in [-0.39, 0.29) is 6.04 Å². The van der Waals surface area contributed by atoms with E-state index in [1.807, 2.05) is 19.1 Å². The molecule has 4 N–H and O–H groups in total. The van der Waals surface area contributed by atoms with Crippen LogP contribution in [0.2, 0.25) is 0 Å². The van der Waals surface area contributed by atoms with E-state index in [4.69, 9.17) is 5.73 Å². The molecule has 2 aromatic rings. The van der Waals surface area contributed by atoms with Crippen LogP contribution < -0.4 is 11.1 Å². The average Bonchev–Trinajstić information content (AvgIpc) is 2.96. The zero-order valence-corrected chi connectivity index (χ0v) is 11.3. The van der Waals surface area contributed by atoms with Crippen LogP contribution in [0.1, 0.15) is 36.5 Å². The highest BCUT2D eigenvalue weighted by molar-refractivity contribution is 6.01. The van der Waals surface area contributed by atoms with Crippen LogP contribution in [-0.2, 0) is 0 Å². The second kappa shape index (κ2) is 4.49. The third kappa shape index (κ3) is 2.02. The van der Waals surface area contributed by atoms with Gasteiger partial charge in [-0.1, -0.05) is 0 Å². The zero-order valence-electron chi connectivity index (χ0n) is 11.3. The molecule has 0 spiro atoms. The summed E-state index contributed by atoms with van der Waals surface area (Å²) in [6.45, 7) is 1.82. The molecule has 1 amide bonds. The van der Waals surface area contributed by atoms with E-state index in [0.717, 1.165) is 24.8 Å². The van der Waals surface area contributed by atoms with Crippen molar-refractivity contribution in [3.05, 3.63) is 30.1 Å². The van der Waals surface area contributed by atoms with Crippen molar-refractivity contribution in [1.29, 1.82) is 0 Å². The lowest BCUT2D eigenvalue weighted by atomic mass is 10.00. The summed E-state index contributed by atoms with van der Waals surface area (Å²) in [4.78, 5) is 11.6. The predicted octanol–water partition coefficient (Wildman–Crippen LogP) is 1.15. The molecule has 1 saturated carbocycles. The summed E-state index contributed by atoms with van der Waals surface area (Å²) in [6, 6.07) is 3.62. The molecule has 3 rings (SSSR count). The first-order valence-corrected chi connectivity index (χ1v) is 6.74. The van der Waals surface area contributed by atoms with Crippen LogP contribution in [0.15, 0.2) is 24.5 Å². The maximum absolute atomic E-state index is 11.6. The summed E-state index contributed by atoms with van der Waals surface area (Å²) in [5.41, 5.74) is 6.42. The minimum atomic E-state index is -0.776. The van der Waals surface area contributed by atoms with Gasteiger partial charge in [-0.2, -0.15) is 5.10 Å².